The van der Waals surface area contributed by atoms with E-state index in [0.29, 0.717) is 11.4 Å². The van der Waals surface area contributed by atoms with Gasteiger partial charge in [0.15, 0.2) is 0 Å². The Morgan fingerprint density at radius 1 is 1.53 bits per heavy atom. The summed E-state index contributed by atoms with van der Waals surface area (Å²) in [4.78, 5) is 12.0. The Bertz CT molecular complexity index is 439. The van der Waals surface area contributed by atoms with E-state index in [1.165, 1.54) is 25.7 Å². The maximum atomic E-state index is 12.0. The zero-order valence-electron chi connectivity index (χ0n) is 12.0. The van der Waals surface area contributed by atoms with Crippen LogP contribution in [0.25, 0.3) is 0 Å². The molecule has 0 aliphatic heterocycles. The first-order valence-electron chi connectivity index (χ1n) is 7.26. The molecule has 19 heavy (non-hydrogen) atoms. The van der Waals surface area contributed by atoms with Gasteiger partial charge in [-0.15, -0.1) is 0 Å². The first-order chi connectivity index (χ1) is 9.06. The van der Waals surface area contributed by atoms with Crippen LogP contribution in [0.4, 0.5) is 5.69 Å². The third-order valence-electron chi connectivity index (χ3n) is 4.14. The molecule has 1 aromatic heterocycles. The summed E-state index contributed by atoms with van der Waals surface area (Å²) in [7, 11) is 1.84. The van der Waals surface area contributed by atoms with Gasteiger partial charge in [0, 0.05) is 19.8 Å². The van der Waals surface area contributed by atoms with Crippen LogP contribution in [0.5, 0.6) is 0 Å². The van der Waals surface area contributed by atoms with Crippen LogP contribution in [0, 0.1) is 11.8 Å². The van der Waals surface area contributed by atoms with E-state index in [0.717, 1.165) is 24.8 Å². The topological polar surface area (TPSA) is 60.1 Å². The average Bonchev–Trinajstić information content (AvgIpc) is 2.68. The second-order valence-corrected chi connectivity index (χ2v) is 5.95. The minimum atomic E-state index is -0.0249. The van der Waals surface area contributed by atoms with E-state index >= 15 is 0 Å². The monoisotopic (exact) mass is 263 g/mol. The number of rotatable bonds is 4. The van der Waals surface area contributed by atoms with Gasteiger partial charge in [0.25, 0.3) is 5.91 Å². The average molecular weight is 263 g/mol. The number of nitrogens with two attached hydrogens (primary N) is 1. The number of hydrogen-bond donors (Lipinski definition) is 2. The molecule has 1 heterocycles. The van der Waals surface area contributed by atoms with E-state index in [9.17, 15) is 4.79 Å². The molecule has 2 atom stereocenters. The second kappa shape index (κ2) is 6.13. The summed E-state index contributed by atoms with van der Waals surface area (Å²) in [5.74, 6) is 1.60. The van der Waals surface area contributed by atoms with Gasteiger partial charge in [-0.2, -0.15) is 0 Å². The first kappa shape index (κ1) is 14.0. The van der Waals surface area contributed by atoms with Gasteiger partial charge < -0.3 is 15.6 Å². The molecule has 4 heteroatoms. The van der Waals surface area contributed by atoms with Crippen LogP contribution in [0.1, 0.15) is 49.5 Å². The summed E-state index contributed by atoms with van der Waals surface area (Å²) >= 11 is 0. The normalized spacial score (nSPS) is 23.3. The lowest BCUT2D eigenvalue weighted by atomic mass is 9.81. The fourth-order valence-electron chi connectivity index (χ4n) is 3.12. The summed E-state index contributed by atoms with van der Waals surface area (Å²) in [5.41, 5.74) is 6.94. The summed E-state index contributed by atoms with van der Waals surface area (Å²) in [6.07, 6.45) is 8.19. The van der Waals surface area contributed by atoms with Crippen molar-refractivity contribution in [1.82, 2.24) is 9.88 Å². The molecule has 106 valence electrons. The molecule has 1 aliphatic rings. The molecule has 1 fully saturated rings. The minimum absolute atomic E-state index is 0.0249. The van der Waals surface area contributed by atoms with Gasteiger partial charge in [-0.05, 0) is 30.7 Å². The lowest BCUT2D eigenvalue weighted by Gasteiger charge is -2.26. The van der Waals surface area contributed by atoms with E-state index in [4.69, 9.17) is 5.73 Å². The Morgan fingerprint density at radius 3 is 2.95 bits per heavy atom. The first-order valence-corrected chi connectivity index (χ1v) is 7.26. The minimum Gasteiger partial charge on any atom is -0.397 e. The fraction of sp³-hybridized carbons (Fsp3) is 0.667. The van der Waals surface area contributed by atoms with E-state index < -0.39 is 0 Å². The molecule has 1 saturated carbocycles. The Labute approximate surface area is 115 Å². The summed E-state index contributed by atoms with van der Waals surface area (Å²) in [6, 6.07) is 1.72. The number of carbonyl (C=O) groups excluding carboxylic acids is 1. The van der Waals surface area contributed by atoms with Crippen molar-refractivity contribution in [3.8, 4) is 0 Å². The van der Waals surface area contributed by atoms with Gasteiger partial charge in [-0.1, -0.05) is 26.2 Å². The molecule has 3 N–H and O–H groups in total. The summed E-state index contributed by atoms with van der Waals surface area (Å²) < 4.78 is 1.77. The van der Waals surface area contributed by atoms with Crippen LogP contribution in [-0.4, -0.2) is 17.0 Å². The molecular formula is C15H25N3O. The number of aryl methyl sites for hydroxylation is 1. The molecule has 0 bridgehead atoms. The van der Waals surface area contributed by atoms with E-state index in [1.54, 1.807) is 16.8 Å². The van der Waals surface area contributed by atoms with Crippen LogP contribution in [0.2, 0.25) is 0 Å². The van der Waals surface area contributed by atoms with Gasteiger partial charge >= 0.3 is 0 Å². The third-order valence-corrected chi connectivity index (χ3v) is 4.14. The zero-order chi connectivity index (χ0) is 13.8. The van der Waals surface area contributed by atoms with Gasteiger partial charge in [-0.25, -0.2) is 0 Å². The Hall–Kier alpha value is -1.45. The molecule has 1 aromatic rings. The van der Waals surface area contributed by atoms with Crippen molar-refractivity contribution in [2.75, 3.05) is 12.3 Å². The molecule has 0 aromatic carbocycles. The van der Waals surface area contributed by atoms with Crippen LogP contribution in [0.15, 0.2) is 12.3 Å². The van der Waals surface area contributed by atoms with Crippen LogP contribution in [-0.2, 0) is 7.05 Å². The number of hydrogen-bond acceptors (Lipinski definition) is 2. The van der Waals surface area contributed by atoms with Gasteiger partial charge in [0.1, 0.15) is 5.69 Å². The standard InChI is InChI=1S/C15H25N3O/c1-11-4-3-5-12(8-11)6-7-17-15(19)14-9-13(16)10-18(14)2/h9-12H,3-8,16H2,1-2H3,(H,17,19). The number of carbonyl (C=O) groups is 1. The van der Waals surface area contributed by atoms with Crippen LogP contribution >= 0.6 is 0 Å². The van der Waals surface area contributed by atoms with E-state index in [2.05, 4.69) is 12.2 Å². The fourth-order valence-corrected chi connectivity index (χ4v) is 3.12. The summed E-state index contributed by atoms with van der Waals surface area (Å²) in [5, 5.41) is 3.00. The van der Waals surface area contributed by atoms with E-state index in [-0.39, 0.29) is 5.91 Å². The number of nitrogens with one attached hydrogen (secondary N) is 1. The molecular weight excluding hydrogens is 238 g/mol. The Kier molecular flexibility index (Phi) is 4.51. The SMILES string of the molecule is CC1CCCC(CCNC(=O)c2cc(N)cn2C)C1. The summed E-state index contributed by atoms with van der Waals surface area (Å²) in [6.45, 7) is 3.10. The molecule has 1 amide bonds. The smallest absolute Gasteiger partial charge is 0.267 e. The third kappa shape index (κ3) is 3.75. The van der Waals surface area contributed by atoms with E-state index in [1.807, 2.05) is 7.05 Å². The highest BCUT2D eigenvalue weighted by molar-refractivity contribution is 5.93. The number of nitrogens with zero attached hydrogens (tertiary/aromatic N) is 1. The van der Waals surface area contributed by atoms with Crippen molar-refractivity contribution in [3.63, 3.8) is 0 Å². The van der Waals surface area contributed by atoms with Crippen molar-refractivity contribution >= 4 is 11.6 Å². The quantitative estimate of drug-likeness (QED) is 0.877. The van der Waals surface area contributed by atoms with Gasteiger partial charge in [0.2, 0.25) is 0 Å². The van der Waals surface area contributed by atoms with Crippen molar-refractivity contribution in [2.24, 2.45) is 18.9 Å². The molecule has 0 saturated heterocycles. The number of amides is 1. The zero-order valence-corrected chi connectivity index (χ0v) is 12.0. The van der Waals surface area contributed by atoms with Gasteiger partial charge in [0.05, 0.1) is 5.69 Å². The van der Waals surface area contributed by atoms with Crippen molar-refractivity contribution < 1.29 is 4.79 Å². The highest BCUT2D eigenvalue weighted by Gasteiger charge is 2.19. The maximum Gasteiger partial charge on any atom is 0.267 e. The highest BCUT2D eigenvalue weighted by atomic mass is 16.1. The second-order valence-electron chi connectivity index (χ2n) is 5.95. The Balaban J connectivity index is 1.76. The van der Waals surface area contributed by atoms with Crippen molar-refractivity contribution in [2.45, 2.75) is 39.0 Å². The molecule has 1 aliphatic carbocycles. The van der Waals surface area contributed by atoms with Crippen LogP contribution in [0.3, 0.4) is 0 Å². The molecule has 2 rings (SSSR count). The highest BCUT2D eigenvalue weighted by Crippen LogP contribution is 2.30. The number of aromatic nitrogens is 1. The lowest BCUT2D eigenvalue weighted by Crippen LogP contribution is -2.28. The molecule has 0 spiro atoms. The predicted molar refractivity (Wildman–Crippen MR) is 77.9 cm³/mol. The maximum absolute atomic E-state index is 12.0. The van der Waals surface area contributed by atoms with Crippen molar-refractivity contribution in [3.05, 3.63) is 18.0 Å². The predicted octanol–water partition coefficient (Wildman–Crippen LogP) is 2.55. The van der Waals surface area contributed by atoms with Crippen LogP contribution < -0.4 is 11.1 Å². The Morgan fingerprint density at radius 2 is 2.32 bits per heavy atom. The largest absolute Gasteiger partial charge is 0.397 e. The number of anilines is 1. The molecule has 4 nitrogen and oxygen atoms in total. The van der Waals surface area contributed by atoms with Gasteiger partial charge in [-0.3, -0.25) is 4.79 Å². The van der Waals surface area contributed by atoms with Crippen molar-refractivity contribution in [1.29, 1.82) is 0 Å². The molecule has 2 unspecified atom stereocenters. The lowest BCUT2D eigenvalue weighted by molar-refractivity contribution is 0.0941. The molecule has 0 radical (unpaired) electrons. The number of nitrogen functional groups attached to an aromatic ring is 1.